The number of benzene rings is 2. The first-order valence-corrected chi connectivity index (χ1v) is 10.2. The van der Waals surface area contributed by atoms with Crippen molar-refractivity contribution in [3.63, 3.8) is 0 Å². The number of hydrogen-bond donors (Lipinski definition) is 2. The molecule has 4 rings (SSSR count). The maximum Gasteiger partial charge on any atom is 0.253 e. The number of carbonyl (C=O) groups excluding carboxylic acids is 2. The second-order valence-corrected chi connectivity index (χ2v) is 7.55. The second-order valence-electron chi connectivity index (χ2n) is 7.55. The van der Waals surface area contributed by atoms with Crippen LogP contribution in [-0.2, 0) is 17.9 Å². The summed E-state index contributed by atoms with van der Waals surface area (Å²) < 4.78 is 5.47. The summed E-state index contributed by atoms with van der Waals surface area (Å²) >= 11 is 0. The van der Waals surface area contributed by atoms with Gasteiger partial charge in [-0.2, -0.15) is 0 Å². The van der Waals surface area contributed by atoms with Gasteiger partial charge in [0.25, 0.3) is 5.91 Å². The monoisotopic (exact) mass is 403 g/mol. The molecule has 0 unspecified atom stereocenters. The molecule has 1 heterocycles. The Hall–Kier alpha value is -3.38. The van der Waals surface area contributed by atoms with Crippen molar-refractivity contribution in [3.05, 3.63) is 89.9 Å². The van der Waals surface area contributed by atoms with E-state index in [1.54, 1.807) is 24.5 Å². The summed E-state index contributed by atoms with van der Waals surface area (Å²) in [5.41, 5.74) is 2.12. The van der Waals surface area contributed by atoms with Gasteiger partial charge in [0.1, 0.15) is 5.76 Å². The summed E-state index contributed by atoms with van der Waals surface area (Å²) in [6.07, 6.45) is 3.66. The number of hydrogen-bond acceptors (Lipinski definition) is 4. The van der Waals surface area contributed by atoms with E-state index in [1.807, 2.05) is 53.4 Å². The van der Waals surface area contributed by atoms with Gasteiger partial charge in [0, 0.05) is 12.6 Å². The van der Waals surface area contributed by atoms with Crippen molar-refractivity contribution in [3.8, 4) is 0 Å². The summed E-state index contributed by atoms with van der Waals surface area (Å²) in [6, 6.07) is 21.1. The van der Waals surface area contributed by atoms with Gasteiger partial charge in [-0.3, -0.25) is 14.5 Å². The number of nitrogens with zero attached hydrogens (tertiary/aromatic N) is 1. The van der Waals surface area contributed by atoms with Crippen LogP contribution in [0.25, 0.3) is 0 Å². The van der Waals surface area contributed by atoms with E-state index >= 15 is 0 Å². The van der Waals surface area contributed by atoms with Gasteiger partial charge in [-0.15, -0.1) is 0 Å². The first-order chi connectivity index (χ1) is 14.7. The molecule has 1 saturated carbocycles. The molecule has 1 aromatic heterocycles. The van der Waals surface area contributed by atoms with Crippen LogP contribution in [0.15, 0.2) is 77.4 Å². The molecule has 1 aliphatic carbocycles. The minimum Gasteiger partial charge on any atom is -0.468 e. The molecule has 0 atom stereocenters. The van der Waals surface area contributed by atoms with Gasteiger partial charge in [-0.05, 0) is 42.7 Å². The van der Waals surface area contributed by atoms with E-state index in [1.165, 1.54) is 0 Å². The van der Waals surface area contributed by atoms with Crippen LogP contribution >= 0.6 is 0 Å². The fraction of sp³-hybridized carbons (Fsp3) is 0.250. The highest BCUT2D eigenvalue weighted by Gasteiger charge is 2.25. The van der Waals surface area contributed by atoms with Gasteiger partial charge in [0.05, 0.1) is 30.6 Å². The standard InChI is InChI=1S/C24H25N3O3/c28-23(26-22-11-5-4-10-21(22)24(29)25-19-12-13-19)17-27(16-20-9-6-14-30-20)15-18-7-2-1-3-8-18/h1-11,14,19H,12-13,15-17H2,(H,25,29)(H,26,28). The normalized spacial score (nSPS) is 13.2. The van der Waals surface area contributed by atoms with Crippen LogP contribution in [0.3, 0.4) is 0 Å². The predicted octanol–water partition coefficient (Wildman–Crippen LogP) is 3.81. The third kappa shape index (κ3) is 5.58. The van der Waals surface area contributed by atoms with Crippen LogP contribution in [0.4, 0.5) is 5.69 Å². The number of carbonyl (C=O) groups is 2. The molecule has 154 valence electrons. The van der Waals surface area contributed by atoms with Crippen molar-refractivity contribution >= 4 is 17.5 Å². The minimum absolute atomic E-state index is 0.148. The highest BCUT2D eigenvalue weighted by molar-refractivity contribution is 6.04. The smallest absolute Gasteiger partial charge is 0.253 e. The van der Waals surface area contributed by atoms with E-state index < -0.39 is 0 Å². The van der Waals surface area contributed by atoms with E-state index in [0.29, 0.717) is 24.3 Å². The Kier molecular flexibility index (Phi) is 6.25. The van der Waals surface area contributed by atoms with Crippen LogP contribution in [0.2, 0.25) is 0 Å². The van der Waals surface area contributed by atoms with Crippen LogP contribution < -0.4 is 10.6 Å². The molecule has 2 N–H and O–H groups in total. The summed E-state index contributed by atoms with van der Waals surface area (Å²) in [5.74, 6) is 0.470. The minimum atomic E-state index is -0.177. The maximum absolute atomic E-state index is 12.8. The molecule has 2 aromatic carbocycles. The van der Waals surface area contributed by atoms with Crippen LogP contribution in [0.1, 0.15) is 34.5 Å². The van der Waals surface area contributed by atoms with Crippen molar-refractivity contribution in [1.29, 1.82) is 0 Å². The quantitative estimate of drug-likeness (QED) is 0.570. The zero-order valence-corrected chi connectivity index (χ0v) is 16.7. The lowest BCUT2D eigenvalue weighted by Crippen LogP contribution is -2.33. The fourth-order valence-corrected chi connectivity index (χ4v) is 3.31. The summed E-state index contributed by atoms with van der Waals surface area (Å²) in [5, 5.41) is 5.88. The summed E-state index contributed by atoms with van der Waals surface area (Å²) in [6.45, 7) is 1.30. The average molecular weight is 403 g/mol. The molecule has 6 nitrogen and oxygen atoms in total. The number of nitrogens with one attached hydrogen (secondary N) is 2. The van der Waals surface area contributed by atoms with Crippen molar-refractivity contribution in [2.24, 2.45) is 0 Å². The molecule has 0 radical (unpaired) electrons. The first-order valence-electron chi connectivity index (χ1n) is 10.2. The van der Waals surface area contributed by atoms with Crippen LogP contribution in [-0.4, -0.2) is 29.3 Å². The number of amides is 2. The molecular formula is C24H25N3O3. The third-order valence-corrected chi connectivity index (χ3v) is 4.93. The fourth-order valence-electron chi connectivity index (χ4n) is 3.31. The number of rotatable bonds is 9. The Morgan fingerprint density at radius 1 is 0.933 bits per heavy atom. The SMILES string of the molecule is O=C(CN(Cc1ccccc1)Cc1ccco1)Nc1ccccc1C(=O)NC1CC1. The highest BCUT2D eigenvalue weighted by Crippen LogP contribution is 2.21. The summed E-state index contributed by atoms with van der Waals surface area (Å²) in [4.78, 5) is 27.3. The Morgan fingerprint density at radius 2 is 1.70 bits per heavy atom. The Morgan fingerprint density at radius 3 is 2.43 bits per heavy atom. The van der Waals surface area contributed by atoms with E-state index in [-0.39, 0.29) is 24.4 Å². The Labute approximate surface area is 175 Å². The second kappa shape index (κ2) is 9.41. The van der Waals surface area contributed by atoms with Crippen molar-refractivity contribution in [2.75, 3.05) is 11.9 Å². The zero-order chi connectivity index (χ0) is 20.8. The molecule has 0 aliphatic heterocycles. The molecule has 6 heteroatoms. The van der Waals surface area contributed by atoms with Crippen molar-refractivity contribution < 1.29 is 14.0 Å². The highest BCUT2D eigenvalue weighted by atomic mass is 16.3. The summed E-state index contributed by atoms with van der Waals surface area (Å²) in [7, 11) is 0. The predicted molar refractivity (Wildman–Crippen MR) is 115 cm³/mol. The first kappa shape index (κ1) is 19.9. The van der Waals surface area contributed by atoms with E-state index in [2.05, 4.69) is 10.6 Å². The van der Waals surface area contributed by atoms with Gasteiger partial charge in [0.2, 0.25) is 5.91 Å². The lowest BCUT2D eigenvalue weighted by Gasteiger charge is -2.21. The Bertz CT molecular complexity index is 982. The third-order valence-electron chi connectivity index (χ3n) is 4.93. The number of furan rings is 1. The lowest BCUT2D eigenvalue weighted by molar-refractivity contribution is -0.117. The molecule has 30 heavy (non-hydrogen) atoms. The topological polar surface area (TPSA) is 74.6 Å². The molecular weight excluding hydrogens is 378 g/mol. The van der Waals surface area contributed by atoms with Crippen LogP contribution in [0, 0.1) is 0 Å². The molecule has 1 aliphatic rings. The largest absolute Gasteiger partial charge is 0.468 e. The molecule has 0 saturated heterocycles. The molecule has 1 fully saturated rings. The number of para-hydroxylation sites is 1. The van der Waals surface area contributed by atoms with Gasteiger partial charge in [-0.1, -0.05) is 42.5 Å². The van der Waals surface area contributed by atoms with Crippen LogP contribution in [0.5, 0.6) is 0 Å². The van der Waals surface area contributed by atoms with Gasteiger partial charge in [0.15, 0.2) is 0 Å². The zero-order valence-electron chi connectivity index (χ0n) is 16.7. The molecule has 2 amide bonds. The van der Waals surface area contributed by atoms with Crippen molar-refractivity contribution in [2.45, 2.75) is 32.0 Å². The van der Waals surface area contributed by atoms with E-state index in [4.69, 9.17) is 4.42 Å². The van der Waals surface area contributed by atoms with Crippen molar-refractivity contribution in [1.82, 2.24) is 10.2 Å². The average Bonchev–Trinajstić information content (AvgIpc) is 3.41. The molecule has 0 bridgehead atoms. The van der Waals surface area contributed by atoms with Gasteiger partial charge in [-0.25, -0.2) is 0 Å². The molecule has 3 aromatic rings. The molecule has 0 spiro atoms. The van der Waals surface area contributed by atoms with Gasteiger partial charge >= 0.3 is 0 Å². The van der Waals surface area contributed by atoms with E-state index in [0.717, 1.165) is 24.2 Å². The maximum atomic E-state index is 12.8. The lowest BCUT2D eigenvalue weighted by atomic mass is 10.1. The van der Waals surface area contributed by atoms with Gasteiger partial charge < -0.3 is 15.1 Å². The Balaban J connectivity index is 1.44. The van der Waals surface area contributed by atoms with E-state index in [9.17, 15) is 9.59 Å². The number of anilines is 1.